The fourth-order valence-corrected chi connectivity index (χ4v) is 2.51. The molecule has 1 aliphatic heterocycles. The van der Waals surface area contributed by atoms with Crippen molar-refractivity contribution in [3.8, 4) is 5.75 Å². The zero-order valence-electron chi connectivity index (χ0n) is 12.8. The second-order valence-corrected chi connectivity index (χ2v) is 6.54. The van der Waals surface area contributed by atoms with Gasteiger partial charge >= 0.3 is 6.09 Å². The van der Waals surface area contributed by atoms with Crippen molar-refractivity contribution in [3.05, 3.63) is 29.8 Å². The van der Waals surface area contributed by atoms with Crippen LogP contribution in [0.3, 0.4) is 0 Å². The van der Waals surface area contributed by atoms with Crippen molar-refractivity contribution in [2.75, 3.05) is 13.1 Å². The first-order chi connectivity index (χ1) is 9.83. The zero-order chi connectivity index (χ0) is 15.5. The van der Waals surface area contributed by atoms with Gasteiger partial charge in [0.2, 0.25) is 0 Å². The number of phenolic OH excluding ortho intramolecular Hbond substituents is 1. The molecule has 1 saturated heterocycles. The standard InChI is InChI=1S/C16H24N2O3/c1-16(2,3)21-15(20)18-14-10-17-9-12(14)8-11-4-6-13(19)7-5-11/h4-7,12,14,17,19H,8-10H2,1-3H3,(H,18,20). The molecule has 5 nitrogen and oxygen atoms in total. The van der Waals surface area contributed by atoms with Crippen molar-refractivity contribution in [3.63, 3.8) is 0 Å². The third-order valence-electron chi connectivity index (χ3n) is 3.48. The van der Waals surface area contributed by atoms with Crippen LogP contribution >= 0.6 is 0 Å². The van der Waals surface area contributed by atoms with Crippen LogP contribution in [0, 0.1) is 5.92 Å². The molecule has 116 valence electrons. The minimum Gasteiger partial charge on any atom is -0.508 e. The highest BCUT2D eigenvalue weighted by atomic mass is 16.6. The maximum absolute atomic E-state index is 11.9. The third kappa shape index (κ3) is 4.93. The maximum Gasteiger partial charge on any atom is 0.407 e. The van der Waals surface area contributed by atoms with E-state index < -0.39 is 5.60 Å². The Kier molecular flexibility index (Phi) is 4.73. The Morgan fingerprint density at radius 1 is 1.33 bits per heavy atom. The number of benzene rings is 1. The average molecular weight is 292 g/mol. The van der Waals surface area contributed by atoms with Gasteiger partial charge in [-0.3, -0.25) is 0 Å². The number of amides is 1. The minimum absolute atomic E-state index is 0.0636. The van der Waals surface area contributed by atoms with E-state index in [0.29, 0.717) is 5.92 Å². The molecule has 1 aromatic carbocycles. The highest BCUT2D eigenvalue weighted by Gasteiger charge is 2.30. The summed E-state index contributed by atoms with van der Waals surface area (Å²) in [5.41, 5.74) is 0.667. The number of phenols is 1. The number of rotatable bonds is 3. The summed E-state index contributed by atoms with van der Waals surface area (Å²) in [5.74, 6) is 0.591. The Labute approximate surface area is 125 Å². The predicted molar refractivity (Wildman–Crippen MR) is 81.3 cm³/mol. The van der Waals surface area contributed by atoms with Crippen LogP contribution in [0.5, 0.6) is 5.75 Å². The summed E-state index contributed by atoms with van der Waals surface area (Å²) in [6.07, 6.45) is 0.486. The lowest BCUT2D eigenvalue weighted by Gasteiger charge is -2.24. The number of alkyl carbamates (subject to hydrolysis) is 1. The molecule has 3 N–H and O–H groups in total. The van der Waals surface area contributed by atoms with Gasteiger partial charge < -0.3 is 20.5 Å². The first-order valence-electron chi connectivity index (χ1n) is 7.31. The number of hydrogen-bond donors (Lipinski definition) is 3. The Bertz CT molecular complexity index is 479. The van der Waals surface area contributed by atoms with Crippen molar-refractivity contribution in [2.24, 2.45) is 5.92 Å². The molecule has 0 spiro atoms. The molecule has 2 rings (SSSR count). The van der Waals surface area contributed by atoms with Crippen LogP contribution in [0.2, 0.25) is 0 Å². The smallest absolute Gasteiger partial charge is 0.407 e. The molecule has 5 heteroatoms. The van der Waals surface area contributed by atoms with E-state index in [2.05, 4.69) is 10.6 Å². The number of aromatic hydroxyl groups is 1. The molecular formula is C16H24N2O3. The van der Waals surface area contributed by atoms with E-state index in [1.165, 1.54) is 0 Å². The number of carbonyl (C=O) groups excluding carboxylic acids is 1. The van der Waals surface area contributed by atoms with Crippen LogP contribution in [0.25, 0.3) is 0 Å². The van der Waals surface area contributed by atoms with Gasteiger partial charge in [-0.25, -0.2) is 4.79 Å². The van der Waals surface area contributed by atoms with E-state index in [9.17, 15) is 9.90 Å². The molecule has 1 aliphatic rings. The Morgan fingerprint density at radius 3 is 2.62 bits per heavy atom. The van der Waals surface area contributed by atoms with Crippen LogP contribution in [0.15, 0.2) is 24.3 Å². The summed E-state index contributed by atoms with van der Waals surface area (Å²) >= 11 is 0. The molecule has 0 aromatic heterocycles. The second-order valence-electron chi connectivity index (χ2n) is 6.54. The molecule has 0 bridgehead atoms. The summed E-state index contributed by atoms with van der Waals surface area (Å²) in [7, 11) is 0. The molecule has 21 heavy (non-hydrogen) atoms. The molecule has 1 heterocycles. The summed E-state index contributed by atoms with van der Waals surface area (Å²) in [4.78, 5) is 11.9. The molecule has 2 unspecified atom stereocenters. The predicted octanol–water partition coefficient (Wildman–Crippen LogP) is 2.05. The van der Waals surface area contributed by atoms with Crippen LogP contribution in [0.4, 0.5) is 4.79 Å². The first-order valence-corrected chi connectivity index (χ1v) is 7.31. The summed E-state index contributed by atoms with van der Waals surface area (Å²) < 4.78 is 5.30. The van der Waals surface area contributed by atoms with Gasteiger partial charge in [-0.15, -0.1) is 0 Å². The molecule has 0 aliphatic carbocycles. The van der Waals surface area contributed by atoms with Crippen molar-refractivity contribution < 1.29 is 14.6 Å². The summed E-state index contributed by atoms with van der Waals surface area (Å²) in [5, 5.41) is 15.6. The van der Waals surface area contributed by atoms with E-state index in [0.717, 1.165) is 25.1 Å². The van der Waals surface area contributed by atoms with E-state index in [4.69, 9.17) is 4.74 Å². The van der Waals surface area contributed by atoms with Gasteiger partial charge in [-0.1, -0.05) is 12.1 Å². The van der Waals surface area contributed by atoms with Gasteiger partial charge in [-0.2, -0.15) is 0 Å². The van der Waals surface area contributed by atoms with Gasteiger partial charge in [0, 0.05) is 19.1 Å². The normalized spacial score (nSPS) is 22.0. The highest BCUT2D eigenvalue weighted by Crippen LogP contribution is 2.19. The Morgan fingerprint density at radius 2 is 2.00 bits per heavy atom. The number of ether oxygens (including phenoxy) is 1. The van der Waals surface area contributed by atoms with Crippen LogP contribution < -0.4 is 10.6 Å². The average Bonchev–Trinajstić information content (AvgIpc) is 2.77. The molecule has 0 saturated carbocycles. The van der Waals surface area contributed by atoms with E-state index in [-0.39, 0.29) is 17.9 Å². The van der Waals surface area contributed by atoms with Crippen molar-refractivity contribution in [1.82, 2.24) is 10.6 Å². The molecular weight excluding hydrogens is 268 g/mol. The monoisotopic (exact) mass is 292 g/mol. The van der Waals surface area contributed by atoms with Crippen molar-refractivity contribution >= 4 is 6.09 Å². The van der Waals surface area contributed by atoms with Crippen molar-refractivity contribution in [2.45, 2.75) is 38.8 Å². The second kappa shape index (κ2) is 6.35. The number of hydrogen-bond acceptors (Lipinski definition) is 4. The lowest BCUT2D eigenvalue weighted by atomic mass is 9.95. The fourth-order valence-electron chi connectivity index (χ4n) is 2.51. The zero-order valence-corrected chi connectivity index (χ0v) is 12.8. The van der Waals surface area contributed by atoms with Crippen LogP contribution in [-0.4, -0.2) is 35.9 Å². The van der Waals surface area contributed by atoms with E-state index in [1.54, 1.807) is 12.1 Å². The van der Waals surface area contributed by atoms with Gasteiger partial charge in [-0.05, 0) is 50.8 Å². The molecule has 1 fully saturated rings. The van der Waals surface area contributed by atoms with Crippen molar-refractivity contribution in [1.29, 1.82) is 0 Å². The topological polar surface area (TPSA) is 70.6 Å². The summed E-state index contributed by atoms with van der Waals surface area (Å²) in [6.45, 7) is 7.18. The van der Waals surface area contributed by atoms with Gasteiger partial charge in [0.25, 0.3) is 0 Å². The minimum atomic E-state index is -0.484. The first kappa shape index (κ1) is 15.6. The molecule has 1 aromatic rings. The quantitative estimate of drug-likeness (QED) is 0.797. The summed E-state index contributed by atoms with van der Waals surface area (Å²) in [6, 6.07) is 7.27. The fraction of sp³-hybridized carbons (Fsp3) is 0.562. The maximum atomic E-state index is 11.9. The van der Waals surface area contributed by atoms with E-state index in [1.807, 2.05) is 32.9 Å². The van der Waals surface area contributed by atoms with Crippen LogP contribution in [-0.2, 0) is 11.2 Å². The molecule has 2 atom stereocenters. The van der Waals surface area contributed by atoms with Crippen LogP contribution in [0.1, 0.15) is 26.3 Å². The Balaban J connectivity index is 1.91. The highest BCUT2D eigenvalue weighted by molar-refractivity contribution is 5.68. The molecule has 1 amide bonds. The van der Waals surface area contributed by atoms with Gasteiger partial charge in [0.05, 0.1) is 0 Å². The van der Waals surface area contributed by atoms with Gasteiger partial charge in [0.1, 0.15) is 11.4 Å². The SMILES string of the molecule is CC(C)(C)OC(=O)NC1CNCC1Cc1ccc(O)cc1. The molecule has 0 radical (unpaired) electrons. The van der Waals surface area contributed by atoms with Gasteiger partial charge in [0.15, 0.2) is 0 Å². The van der Waals surface area contributed by atoms with E-state index >= 15 is 0 Å². The lowest BCUT2D eigenvalue weighted by Crippen LogP contribution is -2.43. The Hall–Kier alpha value is -1.75. The number of carbonyl (C=O) groups is 1. The largest absolute Gasteiger partial charge is 0.508 e. The lowest BCUT2D eigenvalue weighted by molar-refractivity contribution is 0.0497. The number of nitrogens with one attached hydrogen (secondary N) is 2. The third-order valence-corrected chi connectivity index (χ3v) is 3.48.